The molecule has 0 saturated carbocycles. The molecule has 0 aliphatic heterocycles. The highest BCUT2D eigenvalue weighted by molar-refractivity contribution is 5.27. The van der Waals surface area contributed by atoms with E-state index in [-0.39, 0.29) is 5.60 Å². The predicted molar refractivity (Wildman–Crippen MR) is 84.5 cm³/mol. The summed E-state index contributed by atoms with van der Waals surface area (Å²) in [7, 11) is 1.74. The van der Waals surface area contributed by atoms with Gasteiger partial charge in [0.25, 0.3) is 0 Å². The van der Waals surface area contributed by atoms with Crippen LogP contribution in [-0.4, -0.2) is 31.9 Å². The highest BCUT2D eigenvalue weighted by atomic mass is 16.5. The number of hydrogen-bond acceptors (Lipinski definition) is 3. The van der Waals surface area contributed by atoms with E-state index in [2.05, 4.69) is 45.1 Å². The van der Waals surface area contributed by atoms with Crippen LogP contribution in [0.2, 0.25) is 0 Å². The number of ether oxygens (including phenoxy) is 2. The lowest BCUT2D eigenvalue weighted by Gasteiger charge is -2.22. The van der Waals surface area contributed by atoms with Gasteiger partial charge < -0.3 is 14.8 Å². The molecule has 1 N–H and O–H groups in total. The molecule has 0 aliphatic rings. The zero-order valence-electron chi connectivity index (χ0n) is 13.5. The van der Waals surface area contributed by atoms with Crippen LogP contribution in [0.5, 0.6) is 5.75 Å². The molecule has 1 rings (SSSR count). The molecule has 0 saturated heterocycles. The average Bonchev–Trinajstić information content (AvgIpc) is 2.41. The Kier molecular flexibility index (Phi) is 7.03. The Bertz CT molecular complexity index is 373. The largest absolute Gasteiger partial charge is 0.493 e. The third-order valence-corrected chi connectivity index (χ3v) is 3.54. The molecule has 0 aromatic heterocycles. The quantitative estimate of drug-likeness (QED) is 0.751. The van der Waals surface area contributed by atoms with Gasteiger partial charge in [0.05, 0.1) is 12.2 Å². The lowest BCUT2D eigenvalue weighted by atomic mass is 10.1. The zero-order valence-corrected chi connectivity index (χ0v) is 13.5. The Morgan fingerprint density at radius 3 is 2.40 bits per heavy atom. The Hall–Kier alpha value is -1.06. The summed E-state index contributed by atoms with van der Waals surface area (Å²) in [5.74, 6) is 0.928. The minimum absolute atomic E-state index is 0.124. The Morgan fingerprint density at radius 2 is 1.85 bits per heavy atom. The predicted octanol–water partition coefficient (Wildman–Crippen LogP) is 3.42. The number of methoxy groups -OCH3 is 1. The van der Waals surface area contributed by atoms with Gasteiger partial charge in [0.1, 0.15) is 5.75 Å². The van der Waals surface area contributed by atoms with Crippen LogP contribution in [0, 0.1) is 0 Å². The second-order valence-corrected chi connectivity index (χ2v) is 5.87. The first-order valence-corrected chi connectivity index (χ1v) is 7.47. The minimum Gasteiger partial charge on any atom is -0.493 e. The van der Waals surface area contributed by atoms with Crippen molar-refractivity contribution in [1.82, 2.24) is 5.32 Å². The van der Waals surface area contributed by atoms with Gasteiger partial charge in [0.15, 0.2) is 0 Å². The van der Waals surface area contributed by atoms with Gasteiger partial charge in [-0.15, -0.1) is 0 Å². The van der Waals surface area contributed by atoms with Gasteiger partial charge in [0, 0.05) is 19.6 Å². The summed E-state index contributed by atoms with van der Waals surface area (Å²) in [6.45, 7) is 10.2. The van der Waals surface area contributed by atoms with E-state index in [1.165, 1.54) is 5.56 Å². The standard InChI is InChI=1S/C17H29NO2/c1-6-18-14(2)13-15-7-9-16(10-8-15)20-12-11-17(3,4)19-5/h7-10,14,18H,6,11-13H2,1-5H3. The van der Waals surface area contributed by atoms with Crippen molar-refractivity contribution in [3.63, 3.8) is 0 Å². The van der Waals surface area contributed by atoms with E-state index in [0.717, 1.165) is 25.1 Å². The van der Waals surface area contributed by atoms with E-state index < -0.39 is 0 Å². The molecule has 0 aliphatic carbocycles. The van der Waals surface area contributed by atoms with Crippen LogP contribution in [-0.2, 0) is 11.2 Å². The van der Waals surface area contributed by atoms with Crippen molar-refractivity contribution in [3.8, 4) is 5.75 Å². The Balaban J connectivity index is 2.39. The van der Waals surface area contributed by atoms with Crippen LogP contribution >= 0.6 is 0 Å². The molecule has 114 valence electrons. The van der Waals surface area contributed by atoms with Crippen LogP contribution in [0.3, 0.4) is 0 Å². The number of rotatable bonds is 9. The van der Waals surface area contributed by atoms with Gasteiger partial charge in [0.2, 0.25) is 0 Å². The third-order valence-electron chi connectivity index (χ3n) is 3.54. The number of likely N-dealkylation sites (N-methyl/N-ethyl adjacent to an activating group) is 1. The van der Waals surface area contributed by atoms with Gasteiger partial charge in [-0.25, -0.2) is 0 Å². The van der Waals surface area contributed by atoms with Crippen LogP contribution < -0.4 is 10.1 Å². The summed E-state index contributed by atoms with van der Waals surface area (Å²) in [5.41, 5.74) is 1.21. The van der Waals surface area contributed by atoms with E-state index in [9.17, 15) is 0 Å². The summed E-state index contributed by atoms with van der Waals surface area (Å²) in [4.78, 5) is 0. The number of hydrogen-bond donors (Lipinski definition) is 1. The molecule has 0 radical (unpaired) electrons. The fourth-order valence-corrected chi connectivity index (χ4v) is 2.01. The van der Waals surface area contributed by atoms with Gasteiger partial charge in [-0.1, -0.05) is 19.1 Å². The van der Waals surface area contributed by atoms with Gasteiger partial charge in [-0.2, -0.15) is 0 Å². The lowest BCUT2D eigenvalue weighted by Crippen LogP contribution is -2.27. The van der Waals surface area contributed by atoms with E-state index in [1.54, 1.807) is 7.11 Å². The summed E-state index contributed by atoms with van der Waals surface area (Å²) in [6, 6.07) is 8.89. The average molecular weight is 279 g/mol. The maximum Gasteiger partial charge on any atom is 0.119 e. The minimum atomic E-state index is -0.124. The monoisotopic (exact) mass is 279 g/mol. The molecule has 1 aromatic rings. The molecule has 1 atom stereocenters. The normalized spacial score (nSPS) is 13.2. The van der Waals surface area contributed by atoms with E-state index in [0.29, 0.717) is 12.6 Å². The maximum atomic E-state index is 5.76. The van der Waals surface area contributed by atoms with Crippen molar-refractivity contribution in [2.24, 2.45) is 0 Å². The molecule has 20 heavy (non-hydrogen) atoms. The first-order chi connectivity index (χ1) is 9.46. The summed E-state index contributed by atoms with van der Waals surface area (Å²) in [5, 5.41) is 3.42. The van der Waals surface area contributed by atoms with Gasteiger partial charge >= 0.3 is 0 Å². The van der Waals surface area contributed by atoms with Crippen molar-refractivity contribution in [2.45, 2.75) is 52.2 Å². The highest BCUT2D eigenvalue weighted by Crippen LogP contribution is 2.17. The molecular weight excluding hydrogens is 250 g/mol. The smallest absolute Gasteiger partial charge is 0.119 e. The van der Waals surface area contributed by atoms with E-state index >= 15 is 0 Å². The number of nitrogens with one attached hydrogen (secondary N) is 1. The third kappa shape index (κ3) is 6.40. The van der Waals surface area contributed by atoms with Crippen molar-refractivity contribution in [3.05, 3.63) is 29.8 Å². The molecule has 3 heteroatoms. The lowest BCUT2D eigenvalue weighted by molar-refractivity contribution is 0.00545. The van der Waals surface area contributed by atoms with Crippen molar-refractivity contribution in [1.29, 1.82) is 0 Å². The second-order valence-electron chi connectivity index (χ2n) is 5.87. The number of benzene rings is 1. The topological polar surface area (TPSA) is 30.5 Å². The van der Waals surface area contributed by atoms with E-state index in [4.69, 9.17) is 9.47 Å². The van der Waals surface area contributed by atoms with Crippen LogP contribution in [0.1, 0.15) is 39.7 Å². The van der Waals surface area contributed by atoms with E-state index in [1.807, 2.05) is 12.1 Å². The van der Waals surface area contributed by atoms with Crippen LogP contribution in [0.15, 0.2) is 24.3 Å². The Labute approximate surface area is 123 Å². The van der Waals surface area contributed by atoms with Crippen LogP contribution in [0.4, 0.5) is 0 Å². The molecule has 0 heterocycles. The summed E-state index contributed by atoms with van der Waals surface area (Å²) < 4.78 is 11.1. The van der Waals surface area contributed by atoms with Crippen molar-refractivity contribution in [2.75, 3.05) is 20.3 Å². The molecule has 0 fully saturated rings. The zero-order chi connectivity index (χ0) is 15.0. The fraction of sp³-hybridized carbons (Fsp3) is 0.647. The van der Waals surface area contributed by atoms with Gasteiger partial charge in [-0.3, -0.25) is 0 Å². The fourth-order valence-electron chi connectivity index (χ4n) is 2.01. The van der Waals surface area contributed by atoms with Crippen LogP contribution in [0.25, 0.3) is 0 Å². The SMILES string of the molecule is CCNC(C)Cc1ccc(OCCC(C)(C)OC)cc1. The summed E-state index contributed by atoms with van der Waals surface area (Å²) in [6.07, 6.45) is 1.92. The summed E-state index contributed by atoms with van der Waals surface area (Å²) >= 11 is 0. The maximum absolute atomic E-state index is 5.76. The van der Waals surface area contributed by atoms with Crippen molar-refractivity contribution < 1.29 is 9.47 Å². The molecule has 1 unspecified atom stereocenters. The second kappa shape index (κ2) is 8.28. The molecule has 0 amide bonds. The van der Waals surface area contributed by atoms with Gasteiger partial charge in [-0.05, 0) is 51.4 Å². The first-order valence-electron chi connectivity index (χ1n) is 7.47. The molecular formula is C17H29NO2. The molecule has 0 bridgehead atoms. The van der Waals surface area contributed by atoms with Crippen molar-refractivity contribution >= 4 is 0 Å². The Morgan fingerprint density at radius 1 is 1.20 bits per heavy atom. The molecule has 1 aromatic carbocycles. The molecule has 0 spiro atoms. The molecule has 3 nitrogen and oxygen atoms in total. The first kappa shape index (κ1) is 17.0. The highest BCUT2D eigenvalue weighted by Gasteiger charge is 2.15.